The van der Waals surface area contributed by atoms with E-state index >= 15 is 0 Å². The van der Waals surface area contributed by atoms with Crippen LogP contribution in [-0.4, -0.2) is 125 Å². The van der Waals surface area contributed by atoms with Crippen molar-refractivity contribution in [1.82, 2.24) is 0 Å². The molecule has 0 saturated carbocycles. The van der Waals surface area contributed by atoms with Crippen LogP contribution in [-0.2, 0) is 33.2 Å². The van der Waals surface area contributed by atoms with Crippen molar-refractivity contribution in [2.45, 2.75) is 53.8 Å². The van der Waals surface area contributed by atoms with Gasteiger partial charge in [0.05, 0.1) is 58.6 Å². The number of ether oxygens (including phenoxy) is 11. The number of thiophene rings is 3. The van der Waals surface area contributed by atoms with Crippen molar-refractivity contribution in [2.75, 3.05) is 71.4 Å². The van der Waals surface area contributed by atoms with E-state index in [2.05, 4.69) is 25.4 Å². The summed E-state index contributed by atoms with van der Waals surface area (Å²) in [5, 5.41) is 33.4. The molecule has 0 spiro atoms. The fraction of sp³-hybridized carbons (Fsp3) is 0.487. The molecule has 0 aromatic carbocycles. The topological polar surface area (TPSA) is 274 Å². The van der Waals surface area contributed by atoms with Crippen molar-refractivity contribution in [3.05, 3.63) is 41.6 Å². The average molecular weight is 1060 g/mol. The van der Waals surface area contributed by atoms with Crippen LogP contribution in [0.15, 0.2) is 12.3 Å². The van der Waals surface area contributed by atoms with E-state index in [0.29, 0.717) is 17.4 Å². The molecule has 0 amide bonds. The Bertz CT molecular complexity index is 2000. The van der Waals surface area contributed by atoms with Gasteiger partial charge in [0.2, 0.25) is 0 Å². The first-order valence-electron chi connectivity index (χ1n) is 19.1. The second-order valence-corrected chi connectivity index (χ2v) is 15.5. The molecule has 6 heterocycles. The fourth-order valence-corrected chi connectivity index (χ4v) is 7.72. The summed E-state index contributed by atoms with van der Waals surface area (Å²) in [6.45, 7) is 12.1. The molecule has 0 bridgehead atoms. The molecule has 3 aliphatic rings. The van der Waals surface area contributed by atoms with E-state index < -0.39 is 53.4 Å². The van der Waals surface area contributed by atoms with Gasteiger partial charge in [-0.2, -0.15) is 0 Å². The second-order valence-electron chi connectivity index (χ2n) is 11.8. The molecule has 348 valence electrons. The van der Waals surface area contributed by atoms with E-state index in [-0.39, 0.29) is 171 Å². The van der Waals surface area contributed by atoms with Crippen molar-refractivity contribution >= 4 is 85.8 Å². The minimum Gasteiger partial charge on any atom is -0.872 e. The number of carbonyl (C=O) groups is 6. The molecule has 0 aliphatic carbocycles. The molecule has 1 atom stereocenters. The van der Waals surface area contributed by atoms with Gasteiger partial charge in [0.15, 0.2) is 42.5 Å². The summed E-state index contributed by atoms with van der Waals surface area (Å²) < 4.78 is 55.4. The number of halogens is 1. The summed E-state index contributed by atoms with van der Waals surface area (Å²) >= 11 is 5.61. The zero-order chi connectivity index (χ0) is 46.6. The summed E-state index contributed by atoms with van der Waals surface area (Å²) in [6.07, 6.45) is 2.76. The van der Waals surface area contributed by atoms with E-state index in [9.17, 15) is 44.1 Å². The van der Waals surface area contributed by atoms with Gasteiger partial charge >= 0.3 is 94.9 Å². The van der Waals surface area contributed by atoms with Gasteiger partial charge in [-0.3, -0.25) is 0 Å². The second kappa shape index (κ2) is 31.0. The zero-order valence-electron chi connectivity index (χ0n) is 36.9. The quantitative estimate of drug-likeness (QED) is 0.0682. The van der Waals surface area contributed by atoms with Crippen LogP contribution in [0, 0.1) is 0 Å². The molecule has 1 fully saturated rings. The van der Waals surface area contributed by atoms with Gasteiger partial charge in [0, 0.05) is 5.33 Å². The van der Waals surface area contributed by atoms with Gasteiger partial charge in [-0.15, -0.1) is 34.0 Å². The molecule has 3 aliphatic heterocycles. The summed E-state index contributed by atoms with van der Waals surface area (Å²) in [7, 11) is 0. The Morgan fingerprint density at radius 3 is 1.18 bits per heavy atom. The molecular formula is C39H45BrNa2O20S3. The number of carbonyl (C=O) groups excluding carboxylic acids is 6. The fourth-order valence-electron chi connectivity index (χ4n) is 4.54. The van der Waals surface area contributed by atoms with Gasteiger partial charge in [0.1, 0.15) is 35.7 Å². The minimum absolute atomic E-state index is 0. The van der Waals surface area contributed by atoms with Gasteiger partial charge in [0.25, 0.3) is 0 Å². The SMILES string of the molecule is BrCC1CO1.CCOC(=O)c1sc(C(=O)OCC)c([O-])c1[O-].CCOC(=O)c1sc(C(=O)OCC)c2c1OC=CCO2.CCOC(=O)c1sc(C(=O)OCC)c2c1OCC(O)CO2.[Na+].[Na+]. The Hall–Kier alpha value is -3.14. The first-order valence-corrected chi connectivity index (χ1v) is 22.7. The van der Waals surface area contributed by atoms with Gasteiger partial charge in [-0.25, -0.2) is 28.8 Å². The molecule has 1 saturated heterocycles. The van der Waals surface area contributed by atoms with Crippen LogP contribution < -0.4 is 88.3 Å². The normalized spacial score (nSPS) is 13.8. The number of esters is 6. The van der Waals surface area contributed by atoms with Crippen molar-refractivity contribution in [3.63, 3.8) is 0 Å². The number of fused-ring (bicyclic) bond motifs is 2. The van der Waals surface area contributed by atoms with E-state index in [1.807, 2.05) is 0 Å². The Morgan fingerprint density at radius 1 is 0.569 bits per heavy atom. The van der Waals surface area contributed by atoms with E-state index in [0.717, 1.165) is 34.6 Å². The van der Waals surface area contributed by atoms with E-state index in [1.165, 1.54) is 6.26 Å². The summed E-state index contributed by atoms with van der Waals surface area (Å²) in [5.41, 5.74) is 0. The van der Waals surface area contributed by atoms with Crippen LogP contribution in [0.5, 0.6) is 34.5 Å². The first-order chi connectivity index (χ1) is 30.2. The summed E-state index contributed by atoms with van der Waals surface area (Å²) in [4.78, 5) is 70.2. The van der Waals surface area contributed by atoms with Crippen LogP contribution in [0.3, 0.4) is 0 Å². The van der Waals surface area contributed by atoms with Crippen molar-refractivity contribution < 1.29 is 155 Å². The molecule has 6 rings (SSSR count). The van der Waals surface area contributed by atoms with Crippen LogP contribution in [0.4, 0.5) is 0 Å². The molecule has 65 heavy (non-hydrogen) atoms. The van der Waals surface area contributed by atoms with Crippen molar-refractivity contribution in [1.29, 1.82) is 0 Å². The Kier molecular flexibility index (Phi) is 28.6. The number of aliphatic hydroxyl groups excluding tert-OH is 1. The molecule has 26 heteroatoms. The monoisotopic (exact) mass is 1050 g/mol. The maximum atomic E-state index is 11.9. The smallest absolute Gasteiger partial charge is 0.872 e. The molecule has 0 radical (unpaired) electrons. The largest absolute Gasteiger partial charge is 1.00 e. The van der Waals surface area contributed by atoms with Crippen LogP contribution in [0.25, 0.3) is 0 Å². The van der Waals surface area contributed by atoms with Crippen LogP contribution in [0.1, 0.15) is 99.6 Å². The number of rotatable bonds is 13. The summed E-state index contributed by atoms with van der Waals surface area (Å²) in [5.74, 6) is -5.46. The number of epoxide rings is 1. The van der Waals surface area contributed by atoms with Crippen LogP contribution in [0.2, 0.25) is 0 Å². The van der Waals surface area contributed by atoms with Crippen molar-refractivity contribution in [3.8, 4) is 34.5 Å². The van der Waals surface area contributed by atoms with Gasteiger partial charge in [-0.1, -0.05) is 27.4 Å². The maximum Gasteiger partial charge on any atom is 1.00 e. The molecule has 1 N–H and O–H groups in total. The van der Waals surface area contributed by atoms with Gasteiger partial charge in [-0.05, 0) is 47.6 Å². The Labute approximate surface area is 438 Å². The molecular weight excluding hydrogens is 1010 g/mol. The number of hydrogen-bond acceptors (Lipinski definition) is 23. The molecule has 1 unspecified atom stereocenters. The minimum atomic E-state index is -1.02. The predicted octanol–water partition coefficient (Wildman–Crippen LogP) is -1.34. The first kappa shape index (κ1) is 59.9. The third-order valence-electron chi connectivity index (χ3n) is 7.25. The number of alkyl halides is 1. The van der Waals surface area contributed by atoms with Crippen LogP contribution >= 0.6 is 49.9 Å². The number of aliphatic hydroxyl groups is 1. The maximum absolute atomic E-state index is 11.9. The average Bonchev–Trinajstić information content (AvgIpc) is 3.96. The summed E-state index contributed by atoms with van der Waals surface area (Å²) in [6, 6.07) is 0. The Morgan fingerprint density at radius 2 is 0.877 bits per heavy atom. The van der Waals surface area contributed by atoms with Gasteiger partial charge < -0.3 is 67.4 Å². The zero-order valence-corrected chi connectivity index (χ0v) is 44.9. The van der Waals surface area contributed by atoms with Crippen molar-refractivity contribution in [2.24, 2.45) is 0 Å². The predicted molar refractivity (Wildman–Crippen MR) is 223 cm³/mol. The molecule has 3 aromatic rings. The molecule has 3 aromatic heterocycles. The standard InChI is InChI=1S/C13H16O7S.C13H14O6S.C10H12O6S.C3H5BrO.2Na/c1-3-17-12(15)10-8-9(20-6-7(14)5-19-8)11(21-10)13(16)18-4-2;1-3-16-12(14)10-8-9(19-7-5-6-18-8)11(20-10)13(15)17-4-2;1-3-15-9(13)7-5(11)6(12)8(17-7)10(14)16-4-2;4-1-3-2-5-3;;/h7,14H,3-6H2,1-2H3;5-6H,3-4,7H2,1-2H3;11-12H,3-4H2,1-2H3;3H,1-2H2;;/q;;;;2*+1/p-2. The molecule has 20 nitrogen and oxygen atoms in total. The number of hydrogen-bond donors (Lipinski definition) is 1. The van der Waals surface area contributed by atoms with E-state index in [4.69, 9.17) is 42.6 Å². The van der Waals surface area contributed by atoms with E-state index in [1.54, 1.807) is 47.6 Å². The Balaban J connectivity index is 0.000000456. The third-order valence-corrected chi connectivity index (χ3v) is 11.3. The third kappa shape index (κ3) is 17.5.